The van der Waals surface area contributed by atoms with Crippen LogP contribution in [0.15, 0.2) is 42.6 Å². The molecule has 0 bridgehead atoms. The zero-order valence-electron chi connectivity index (χ0n) is 14.4. The first kappa shape index (κ1) is 18.7. The molecular formula is C18H20ClN3O3S. The second-order valence-electron chi connectivity index (χ2n) is 6.21. The SMILES string of the molecule is CCN(C(=O)c1ccc(Nc2ccc(Cl)cc2)cn1)C1CCS(=O)(=O)C1. The number of benzene rings is 1. The first-order chi connectivity index (χ1) is 12.4. The van der Waals surface area contributed by atoms with Crippen molar-refractivity contribution in [1.82, 2.24) is 9.88 Å². The van der Waals surface area contributed by atoms with Crippen molar-refractivity contribution in [2.45, 2.75) is 19.4 Å². The van der Waals surface area contributed by atoms with Gasteiger partial charge >= 0.3 is 0 Å². The normalized spacial score (nSPS) is 18.5. The number of pyridine rings is 1. The minimum absolute atomic E-state index is 0.0305. The van der Waals surface area contributed by atoms with Crippen molar-refractivity contribution in [3.05, 3.63) is 53.3 Å². The lowest BCUT2D eigenvalue weighted by atomic mass is 10.2. The number of hydrogen-bond acceptors (Lipinski definition) is 5. The zero-order chi connectivity index (χ0) is 18.7. The van der Waals surface area contributed by atoms with E-state index in [-0.39, 0.29) is 23.5 Å². The van der Waals surface area contributed by atoms with Gasteiger partial charge in [0.05, 0.1) is 23.4 Å². The summed E-state index contributed by atoms with van der Waals surface area (Å²) in [6.07, 6.45) is 2.07. The maximum atomic E-state index is 12.7. The van der Waals surface area contributed by atoms with E-state index < -0.39 is 9.84 Å². The molecule has 6 nitrogen and oxygen atoms in total. The predicted octanol–water partition coefficient (Wildman–Crippen LogP) is 3.13. The second kappa shape index (κ2) is 7.63. The summed E-state index contributed by atoms with van der Waals surface area (Å²) in [5.74, 6) is -0.0747. The zero-order valence-corrected chi connectivity index (χ0v) is 15.9. The molecule has 1 unspecified atom stereocenters. The number of nitrogens with one attached hydrogen (secondary N) is 1. The number of halogens is 1. The standard InChI is InChI=1S/C18H20ClN3O3S/c1-2-22(16-9-10-26(24,25)12-16)18(23)17-8-7-15(11-20-17)21-14-5-3-13(19)4-6-14/h3-8,11,16,21H,2,9-10,12H2,1H3. The fraction of sp³-hybridized carbons (Fsp3) is 0.333. The van der Waals surface area contributed by atoms with Gasteiger partial charge in [0.2, 0.25) is 0 Å². The molecule has 0 radical (unpaired) electrons. The molecule has 1 atom stereocenters. The Labute approximate surface area is 158 Å². The van der Waals surface area contributed by atoms with Crippen molar-refractivity contribution < 1.29 is 13.2 Å². The fourth-order valence-electron chi connectivity index (χ4n) is 3.03. The minimum atomic E-state index is -3.04. The van der Waals surface area contributed by atoms with Crippen LogP contribution in [-0.4, -0.2) is 48.3 Å². The topological polar surface area (TPSA) is 79.4 Å². The lowest BCUT2D eigenvalue weighted by Crippen LogP contribution is -2.41. The van der Waals surface area contributed by atoms with Crippen LogP contribution >= 0.6 is 11.6 Å². The van der Waals surface area contributed by atoms with Gasteiger partial charge < -0.3 is 10.2 Å². The van der Waals surface area contributed by atoms with E-state index in [1.165, 1.54) is 0 Å². The average Bonchev–Trinajstić information content (AvgIpc) is 2.98. The molecule has 8 heteroatoms. The van der Waals surface area contributed by atoms with Gasteiger partial charge in [0.15, 0.2) is 9.84 Å². The average molecular weight is 394 g/mol. The van der Waals surface area contributed by atoms with E-state index in [0.29, 0.717) is 23.7 Å². The Bertz CT molecular complexity index is 883. The summed E-state index contributed by atoms with van der Waals surface area (Å²) >= 11 is 5.87. The third-order valence-corrected chi connectivity index (χ3v) is 6.37. The molecule has 2 aromatic rings. The second-order valence-corrected chi connectivity index (χ2v) is 8.88. The van der Waals surface area contributed by atoms with E-state index in [0.717, 1.165) is 11.4 Å². The molecule has 26 heavy (non-hydrogen) atoms. The highest BCUT2D eigenvalue weighted by molar-refractivity contribution is 7.91. The molecule has 2 heterocycles. The minimum Gasteiger partial charge on any atom is -0.354 e. The van der Waals surface area contributed by atoms with Gasteiger partial charge in [0.1, 0.15) is 5.69 Å². The molecule has 1 fully saturated rings. The smallest absolute Gasteiger partial charge is 0.272 e. The molecule has 0 spiro atoms. The first-order valence-electron chi connectivity index (χ1n) is 8.38. The van der Waals surface area contributed by atoms with Crippen LogP contribution in [0.5, 0.6) is 0 Å². The Morgan fingerprint density at radius 1 is 1.23 bits per heavy atom. The van der Waals surface area contributed by atoms with E-state index in [9.17, 15) is 13.2 Å². The summed E-state index contributed by atoms with van der Waals surface area (Å²) in [7, 11) is -3.04. The Hall–Kier alpha value is -2.12. The van der Waals surface area contributed by atoms with Crippen LogP contribution in [0.1, 0.15) is 23.8 Å². The van der Waals surface area contributed by atoms with Crippen LogP contribution < -0.4 is 5.32 Å². The van der Waals surface area contributed by atoms with E-state index in [2.05, 4.69) is 10.3 Å². The fourth-order valence-corrected chi connectivity index (χ4v) is 4.89. The molecular weight excluding hydrogens is 374 g/mol. The highest BCUT2D eigenvalue weighted by Gasteiger charge is 2.34. The number of anilines is 2. The number of nitrogens with zero attached hydrogens (tertiary/aromatic N) is 2. The Morgan fingerprint density at radius 2 is 1.92 bits per heavy atom. The van der Waals surface area contributed by atoms with Crippen molar-refractivity contribution >= 4 is 38.7 Å². The number of aromatic nitrogens is 1. The molecule has 138 valence electrons. The quantitative estimate of drug-likeness (QED) is 0.844. The Balaban J connectivity index is 1.70. The molecule has 0 saturated carbocycles. The molecule has 1 saturated heterocycles. The van der Waals surface area contributed by atoms with Gasteiger partial charge in [0, 0.05) is 23.3 Å². The maximum absolute atomic E-state index is 12.7. The summed E-state index contributed by atoms with van der Waals surface area (Å²) in [5, 5.41) is 3.84. The van der Waals surface area contributed by atoms with Crippen LogP contribution in [0.2, 0.25) is 5.02 Å². The molecule has 1 amide bonds. The lowest BCUT2D eigenvalue weighted by Gasteiger charge is -2.26. The summed E-state index contributed by atoms with van der Waals surface area (Å²) in [5.41, 5.74) is 1.91. The number of hydrogen-bond donors (Lipinski definition) is 1. The molecule has 1 N–H and O–H groups in total. The predicted molar refractivity (Wildman–Crippen MR) is 103 cm³/mol. The van der Waals surface area contributed by atoms with Crippen LogP contribution in [0.3, 0.4) is 0 Å². The van der Waals surface area contributed by atoms with E-state index in [1.807, 2.05) is 19.1 Å². The first-order valence-corrected chi connectivity index (χ1v) is 10.6. The van der Waals surface area contributed by atoms with Crippen LogP contribution in [0.4, 0.5) is 11.4 Å². The van der Waals surface area contributed by atoms with Crippen molar-refractivity contribution in [3.63, 3.8) is 0 Å². The van der Waals surface area contributed by atoms with Gasteiger partial charge in [-0.05, 0) is 49.7 Å². The van der Waals surface area contributed by atoms with E-state index >= 15 is 0 Å². The number of rotatable bonds is 5. The monoisotopic (exact) mass is 393 g/mol. The molecule has 1 aliphatic rings. The van der Waals surface area contributed by atoms with Gasteiger partial charge in [-0.2, -0.15) is 0 Å². The van der Waals surface area contributed by atoms with E-state index in [4.69, 9.17) is 11.6 Å². The molecule has 3 rings (SSSR count). The molecule has 0 aliphatic carbocycles. The summed E-state index contributed by atoms with van der Waals surface area (Å²) < 4.78 is 23.4. The summed E-state index contributed by atoms with van der Waals surface area (Å²) in [6, 6.07) is 10.4. The van der Waals surface area contributed by atoms with E-state index in [1.54, 1.807) is 35.4 Å². The number of amides is 1. The van der Waals surface area contributed by atoms with Crippen LogP contribution in [-0.2, 0) is 9.84 Å². The molecule has 1 aromatic heterocycles. The third kappa shape index (κ3) is 4.34. The van der Waals surface area contributed by atoms with Gasteiger partial charge in [-0.25, -0.2) is 13.4 Å². The molecule has 1 aromatic carbocycles. The highest BCUT2D eigenvalue weighted by Crippen LogP contribution is 2.21. The number of carbonyl (C=O) groups is 1. The van der Waals surface area contributed by atoms with Gasteiger partial charge in [0.25, 0.3) is 5.91 Å². The van der Waals surface area contributed by atoms with Gasteiger partial charge in [-0.3, -0.25) is 4.79 Å². The third-order valence-electron chi connectivity index (χ3n) is 4.37. The number of sulfone groups is 1. The summed E-state index contributed by atoms with van der Waals surface area (Å²) in [4.78, 5) is 18.6. The van der Waals surface area contributed by atoms with Crippen molar-refractivity contribution in [2.24, 2.45) is 0 Å². The van der Waals surface area contributed by atoms with Crippen molar-refractivity contribution in [1.29, 1.82) is 0 Å². The number of carbonyl (C=O) groups excluding carboxylic acids is 1. The van der Waals surface area contributed by atoms with Gasteiger partial charge in [-0.1, -0.05) is 11.6 Å². The summed E-state index contributed by atoms with van der Waals surface area (Å²) in [6.45, 7) is 2.30. The van der Waals surface area contributed by atoms with Crippen molar-refractivity contribution in [2.75, 3.05) is 23.4 Å². The maximum Gasteiger partial charge on any atom is 0.272 e. The van der Waals surface area contributed by atoms with Crippen LogP contribution in [0, 0.1) is 0 Å². The molecule has 1 aliphatic heterocycles. The van der Waals surface area contributed by atoms with Crippen LogP contribution in [0.25, 0.3) is 0 Å². The highest BCUT2D eigenvalue weighted by atomic mass is 35.5. The van der Waals surface area contributed by atoms with Gasteiger partial charge in [-0.15, -0.1) is 0 Å². The lowest BCUT2D eigenvalue weighted by molar-refractivity contribution is 0.0702. The Kier molecular flexibility index (Phi) is 5.48. The van der Waals surface area contributed by atoms with Crippen molar-refractivity contribution in [3.8, 4) is 0 Å². The largest absolute Gasteiger partial charge is 0.354 e. The Morgan fingerprint density at radius 3 is 2.46 bits per heavy atom.